The monoisotopic (exact) mass is 554 g/mol. The molecule has 10 heteroatoms. The lowest BCUT2D eigenvalue weighted by Gasteiger charge is -2.17. The number of carbonyl (C=O) groups excluding carboxylic acids is 3. The van der Waals surface area contributed by atoms with Gasteiger partial charge in [-0.15, -0.1) is 0 Å². The highest BCUT2D eigenvalue weighted by atomic mass is 35.5. The van der Waals surface area contributed by atoms with Crippen molar-refractivity contribution in [3.05, 3.63) is 81.8 Å². The van der Waals surface area contributed by atoms with Crippen molar-refractivity contribution < 1.29 is 28.6 Å². The van der Waals surface area contributed by atoms with E-state index in [1.165, 1.54) is 11.0 Å². The predicted octanol–water partition coefficient (Wildman–Crippen LogP) is 5.97. The van der Waals surface area contributed by atoms with Crippen molar-refractivity contribution in [2.75, 3.05) is 18.5 Å². The number of fused-ring (bicyclic) bond motifs is 1. The number of hydrogen-bond acceptors (Lipinski definition) is 6. The summed E-state index contributed by atoms with van der Waals surface area (Å²) in [5.74, 6) is 0.0946. The Labute approximate surface area is 229 Å². The molecule has 2 aliphatic heterocycles. The molecule has 5 rings (SSSR count). The zero-order valence-corrected chi connectivity index (χ0v) is 21.9. The van der Waals surface area contributed by atoms with Gasteiger partial charge in [0.25, 0.3) is 17.7 Å². The molecule has 0 bridgehead atoms. The summed E-state index contributed by atoms with van der Waals surface area (Å²) in [6.45, 7) is 2.50. The number of anilines is 1. The second-order valence-corrected chi connectivity index (χ2v) is 9.86. The molecule has 0 spiro atoms. The summed E-state index contributed by atoms with van der Waals surface area (Å²) in [6, 6.07) is 16.3. The number of halogens is 2. The largest absolute Gasteiger partial charge is 0.479 e. The van der Waals surface area contributed by atoms with E-state index in [-0.39, 0.29) is 30.4 Å². The molecule has 2 heterocycles. The number of hydrogen-bond donors (Lipinski definition) is 1. The maximum Gasteiger partial charge on any atom is 0.265 e. The highest BCUT2D eigenvalue weighted by Gasteiger charge is 2.37. The summed E-state index contributed by atoms with van der Waals surface area (Å²) < 4.78 is 17.2. The molecule has 0 radical (unpaired) electrons. The van der Waals surface area contributed by atoms with E-state index in [9.17, 15) is 14.4 Å². The fourth-order valence-electron chi connectivity index (χ4n) is 4.32. The minimum Gasteiger partial charge on any atom is -0.479 e. The first-order chi connectivity index (χ1) is 18.3. The van der Waals surface area contributed by atoms with Crippen molar-refractivity contribution >= 4 is 46.6 Å². The Hall–Kier alpha value is -3.59. The van der Waals surface area contributed by atoms with Crippen LogP contribution in [0.3, 0.4) is 0 Å². The molecule has 2 aliphatic rings. The Kier molecular flexibility index (Phi) is 7.56. The standard InChI is InChI=1S/C28H24Cl2N2O6/c1-16(37-25-10-7-17(29)12-24(25)30)26(33)31-18-4-2-5-19(13-18)38-20-8-9-22-23(14-20)28(35)32(27(22)34)15-21-6-3-11-36-21/h2,4-5,7-10,12-14,16,21H,3,6,11,15H2,1H3,(H,31,33). The smallest absolute Gasteiger partial charge is 0.265 e. The molecule has 196 valence electrons. The van der Waals surface area contributed by atoms with Gasteiger partial charge in [0.1, 0.15) is 17.2 Å². The number of carbonyl (C=O) groups is 3. The van der Waals surface area contributed by atoms with Crippen LogP contribution in [-0.4, -0.2) is 48.0 Å². The maximum atomic E-state index is 12.9. The minimum absolute atomic E-state index is 0.123. The van der Waals surface area contributed by atoms with Crippen molar-refractivity contribution in [2.45, 2.75) is 32.0 Å². The van der Waals surface area contributed by atoms with Crippen LogP contribution in [0.5, 0.6) is 17.2 Å². The summed E-state index contributed by atoms with van der Waals surface area (Å²) in [4.78, 5) is 39.6. The molecule has 3 amide bonds. The van der Waals surface area contributed by atoms with E-state index < -0.39 is 6.10 Å². The van der Waals surface area contributed by atoms with Gasteiger partial charge < -0.3 is 19.5 Å². The van der Waals surface area contributed by atoms with Crippen LogP contribution in [0.15, 0.2) is 60.7 Å². The molecule has 2 atom stereocenters. The van der Waals surface area contributed by atoms with Crippen LogP contribution in [0, 0.1) is 0 Å². The lowest BCUT2D eigenvalue weighted by molar-refractivity contribution is -0.122. The van der Waals surface area contributed by atoms with Crippen molar-refractivity contribution in [2.24, 2.45) is 0 Å². The third-order valence-corrected chi connectivity index (χ3v) is 6.79. The number of benzene rings is 3. The van der Waals surface area contributed by atoms with E-state index in [4.69, 9.17) is 37.4 Å². The first kappa shape index (κ1) is 26.0. The van der Waals surface area contributed by atoms with Crippen LogP contribution in [-0.2, 0) is 9.53 Å². The van der Waals surface area contributed by atoms with Crippen molar-refractivity contribution in [1.29, 1.82) is 0 Å². The normalized spacial score (nSPS) is 17.3. The average molecular weight is 555 g/mol. The summed E-state index contributed by atoms with van der Waals surface area (Å²) in [7, 11) is 0. The quantitative estimate of drug-likeness (QED) is 0.345. The molecule has 0 aliphatic carbocycles. The Morgan fingerprint density at radius 3 is 2.61 bits per heavy atom. The predicted molar refractivity (Wildman–Crippen MR) is 142 cm³/mol. The topological polar surface area (TPSA) is 94.2 Å². The van der Waals surface area contributed by atoms with Crippen LogP contribution in [0.4, 0.5) is 5.69 Å². The van der Waals surface area contributed by atoms with Crippen LogP contribution < -0.4 is 14.8 Å². The first-order valence-corrected chi connectivity index (χ1v) is 12.9. The lowest BCUT2D eigenvalue weighted by Crippen LogP contribution is -2.36. The van der Waals surface area contributed by atoms with Gasteiger partial charge in [-0.3, -0.25) is 19.3 Å². The van der Waals surface area contributed by atoms with Crippen LogP contribution in [0.2, 0.25) is 10.0 Å². The van der Waals surface area contributed by atoms with E-state index in [0.29, 0.717) is 50.7 Å². The highest BCUT2D eigenvalue weighted by Crippen LogP contribution is 2.32. The molecule has 1 N–H and O–H groups in total. The number of nitrogens with zero attached hydrogens (tertiary/aromatic N) is 1. The summed E-state index contributed by atoms with van der Waals surface area (Å²) in [6.07, 6.45) is 0.792. The molecule has 1 saturated heterocycles. The van der Waals surface area contributed by atoms with Gasteiger partial charge in [0.15, 0.2) is 6.10 Å². The SMILES string of the molecule is CC(Oc1ccc(Cl)cc1Cl)C(=O)Nc1cccc(Oc2ccc3c(c2)C(=O)N(CC2CCCO2)C3=O)c1. The van der Waals surface area contributed by atoms with E-state index >= 15 is 0 Å². The van der Waals surface area contributed by atoms with Gasteiger partial charge in [-0.05, 0) is 68.3 Å². The second kappa shape index (κ2) is 11.0. The van der Waals surface area contributed by atoms with Gasteiger partial charge in [0, 0.05) is 23.4 Å². The molecule has 8 nitrogen and oxygen atoms in total. The van der Waals surface area contributed by atoms with E-state index in [0.717, 1.165) is 12.8 Å². The van der Waals surface area contributed by atoms with Crippen LogP contribution in [0.25, 0.3) is 0 Å². The number of ether oxygens (including phenoxy) is 3. The Morgan fingerprint density at radius 1 is 1.05 bits per heavy atom. The molecular formula is C28H24Cl2N2O6. The summed E-state index contributed by atoms with van der Waals surface area (Å²) in [5, 5.41) is 3.55. The molecular weight excluding hydrogens is 531 g/mol. The molecule has 3 aromatic carbocycles. The van der Waals surface area contributed by atoms with E-state index in [1.54, 1.807) is 61.5 Å². The summed E-state index contributed by atoms with van der Waals surface area (Å²) >= 11 is 12.0. The average Bonchev–Trinajstić information content (AvgIpc) is 3.49. The number of amides is 3. The highest BCUT2D eigenvalue weighted by molar-refractivity contribution is 6.35. The molecule has 1 fully saturated rings. The third-order valence-electron chi connectivity index (χ3n) is 6.26. The second-order valence-electron chi connectivity index (χ2n) is 9.02. The molecule has 0 aromatic heterocycles. The molecule has 38 heavy (non-hydrogen) atoms. The van der Waals surface area contributed by atoms with Crippen LogP contribution >= 0.6 is 23.2 Å². The molecule has 0 saturated carbocycles. The zero-order chi connectivity index (χ0) is 26.8. The number of imide groups is 1. The Morgan fingerprint density at radius 2 is 1.84 bits per heavy atom. The lowest BCUT2D eigenvalue weighted by atomic mass is 10.1. The third kappa shape index (κ3) is 5.62. The summed E-state index contributed by atoms with van der Waals surface area (Å²) in [5.41, 5.74) is 1.12. The van der Waals surface area contributed by atoms with Gasteiger partial charge >= 0.3 is 0 Å². The molecule has 3 aromatic rings. The van der Waals surface area contributed by atoms with Gasteiger partial charge in [-0.2, -0.15) is 0 Å². The van der Waals surface area contributed by atoms with E-state index in [1.807, 2.05) is 0 Å². The van der Waals surface area contributed by atoms with E-state index in [2.05, 4.69) is 5.32 Å². The minimum atomic E-state index is -0.837. The Bertz CT molecular complexity index is 1410. The van der Waals surface area contributed by atoms with Gasteiger partial charge in [-0.1, -0.05) is 29.3 Å². The maximum absolute atomic E-state index is 12.9. The van der Waals surface area contributed by atoms with Gasteiger partial charge in [0.05, 0.1) is 28.8 Å². The fourth-order valence-corrected chi connectivity index (χ4v) is 4.78. The van der Waals surface area contributed by atoms with Gasteiger partial charge in [-0.25, -0.2) is 0 Å². The zero-order valence-electron chi connectivity index (χ0n) is 20.4. The van der Waals surface area contributed by atoms with Crippen molar-refractivity contribution in [3.63, 3.8) is 0 Å². The number of rotatable bonds is 8. The van der Waals surface area contributed by atoms with Crippen molar-refractivity contribution in [1.82, 2.24) is 4.90 Å². The first-order valence-electron chi connectivity index (χ1n) is 12.1. The van der Waals surface area contributed by atoms with Gasteiger partial charge in [0.2, 0.25) is 0 Å². The molecule has 2 unspecified atom stereocenters. The van der Waals surface area contributed by atoms with Crippen LogP contribution in [0.1, 0.15) is 40.5 Å². The Balaban J connectivity index is 1.23. The van der Waals surface area contributed by atoms with Crippen molar-refractivity contribution in [3.8, 4) is 17.2 Å². The number of nitrogens with one attached hydrogen (secondary N) is 1. The fraction of sp³-hybridized carbons (Fsp3) is 0.250.